The minimum Gasteiger partial charge on any atom is -0.0776 e. The fourth-order valence-corrected chi connectivity index (χ4v) is 2.26. The molecule has 0 unspecified atom stereocenters. The number of hydrogen-bond donors (Lipinski definition) is 0. The first-order valence-electron chi connectivity index (χ1n) is 4.77. The lowest BCUT2D eigenvalue weighted by Gasteiger charge is -2.33. The normalized spacial score (nSPS) is 22.4. The van der Waals surface area contributed by atoms with Crippen molar-refractivity contribution in [1.29, 1.82) is 0 Å². The van der Waals surface area contributed by atoms with Gasteiger partial charge in [-0.3, -0.25) is 0 Å². The summed E-state index contributed by atoms with van der Waals surface area (Å²) in [6.07, 6.45) is 10.2. The lowest BCUT2D eigenvalue weighted by atomic mass is 9.73. The predicted molar refractivity (Wildman–Crippen MR) is 52.8 cm³/mol. The SMILES string of the molecule is C.CCCC1(C)CCCCC1. The Balaban J connectivity index is 0.000001000. The van der Waals surface area contributed by atoms with Crippen LogP contribution in [0, 0.1) is 5.41 Å². The Kier molecular flexibility index (Phi) is 4.79. The molecule has 1 saturated carbocycles. The second kappa shape index (κ2) is 4.79. The largest absolute Gasteiger partial charge is 0.0776 e. The summed E-state index contributed by atoms with van der Waals surface area (Å²) < 4.78 is 0. The van der Waals surface area contributed by atoms with Gasteiger partial charge in [0.05, 0.1) is 0 Å². The fraction of sp³-hybridized carbons (Fsp3) is 1.00. The molecule has 11 heavy (non-hydrogen) atoms. The van der Waals surface area contributed by atoms with Crippen LogP contribution < -0.4 is 0 Å². The zero-order valence-corrected chi connectivity index (χ0v) is 7.45. The molecule has 0 aliphatic heterocycles. The van der Waals surface area contributed by atoms with E-state index in [9.17, 15) is 0 Å². The van der Waals surface area contributed by atoms with Gasteiger partial charge in [0.25, 0.3) is 0 Å². The van der Waals surface area contributed by atoms with Crippen molar-refractivity contribution < 1.29 is 0 Å². The Bertz CT molecular complexity index is 82.7. The maximum atomic E-state index is 2.47. The minimum atomic E-state index is 0. The van der Waals surface area contributed by atoms with E-state index >= 15 is 0 Å². The first kappa shape index (κ1) is 11.0. The molecule has 0 aromatic heterocycles. The summed E-state index contributed by atoms with van der Waals surface area (Å²) in [5.74, 6) is 0. The van der Waals surface area contributed by atoms with Crippen LogP contribution in [0.2, 0.25) is 0 Å². The monoisotopic (exact) mass is 156 g/mol. The van der Waals surface area contributed by atoms with Crippen LogP contribution in [0.3, 0.4) is 0 Å². The summed E-state index contributed by atoms with van der Waals surface area (Å²) >= 11 is 0. The molecule has 0 aromatic carbocycles. The van der Waals surface area contributed by atoms with Crippen molar-refractivity contribution in [2.45, 2.75) is 66.2 Å². The highest BCUT2D eigenvalue weighted by Crippen LogP contribution is 2.39. The summed E-state index contributed by atoms with van der Waals surface area (Å²) in [4.78, 5) is 0. The summed E-state index contributed by atoms with van der Waals surface area (Å²) in [7, 11) is 0. The molecule has 0 heteroatoms. The van der Waals surface area contributed by atoms with Gasteiger partial charge >= 0.3 is 0 Å². The van der Waals surface area contributed by atoms with Gasteiger partial charge in [-0.25, -0.2) is 0 Å². The highest BCUT2D eigenvalue weighted by atomic mass is 14.3. The topological polar surface area (TPSA) is 0 Å². The molecule has 1 fully saturated rings. The average Bonchev–Trinajstić information content (AvgIpc) is 1.89. The van der Waals surface area contributed by atoms with Crippen LogP contribution in [-0.2, 0) is 0 Å². The van der Waals surface area contributed by atoms with Gasteiger partial charge in [0.1, 0.15) is 0 Å². The van der Waals surface area contributed by atoms with Crippen molar-refractivity contribution in [1.82, 2.24) is 0 Å². The number of rotatable bonds is 2. The summed E-state index contributed by atoms with van der Waals surface area (Å²) in [6.45, 7) is 4.77. The second-order valence-electron chi connectivity index (χ2n) is 4.12. The van der Waals surface area contributed by atoms with Crippen LogP contribution in [0.1, 0.15) is 66.2 Å². The smallest absolute Gasteiger partial charge is 0.0326 e. The van der Waals surface area contributed by atoms with Crippen molar-refractivity contribution >= 4 is 0 Å². The molecule has 1 aliphatic rings. The highest BCUT2D eigenvalue weighted by molar-refractivity contribution is 4.77. The Labute approximate surface area is 72.4 Å². The van der Waals surface area contributed by atoms with Crippen LogP contribution in [0.25, 0.3) is 0 Å². The van der Waals surface area contributed by atoms with E-state index < -0.39 is 0 Å². The zero-order valence-electron chi connectivity index (χ0n) is 7.45. The molecule has 0 saturated heterocycles. The van der Waals surface area contributed by atoms with E-state index in [4.69, 9.17) is 0 Å². The molecular formula is C11H24. The van der Waals surface area contributed by atoms with Crippen molar-refractivity contribution in [2.75, 3.05) is 0 Å². The average molecular weight is 156 g/mol. The molecule has 68 valence electrons. The predicted octanol–water partition coefficient (Wildman–Crippen LogP) is 4.39. The molecule has 0 amide bonds. The Morgan fingerprint density at radius 3 is 2.09 bits per heavy atom. The third-order valence-corrected chi connectivity index (χ3v) is 2.91. The maximum absolute atomic E-state index is 2.47. The van der Waals surface area contributed by atoms with Gasteiger partial charge in [-0.1, -0.05) is 47.0 Å². The molecule has 0 spiro atoms. The van der Waals surface area contributed by atoms with E-state index in [0.29, 0.717) is 0 Å². The van der Waals surface area contributed by atoms with Crippen LogP contribution in [0.15, 0.2) is 0 Å². The van der Waals surface area contributed by atoms with E-state index in [1.54, 1.807) is 0 Å². The van der Waals surface area contributed by atoms with Crippen molar-refractivity contribution in [3.8, 4) is 0 Å². The molecule has 0 bridgehead atoms. The summed E-state index contributed by atoms with van der Waals surface area (Å²) in [5, 5.41) is 0. The van der Waals surface area contributed by atoms with E-state index in [0.717, 1.165) is 5.41 Å². The lowest BCUT2D eigenvalue weighted by molar-refractivity contribution is 0.197. The molecule has 0 aromatic rings. The van der Waals surface area contributed by atoms with E-state index in [2.05, 4.69) is 13.8 Å². The van der Waals surface area contributed by atoms with Gasteiger partial charge in [-0.15, -0.1) is 0 Å². The standard InChI is InChI=1S/C10H20.CH4/c1-3-7-10(2)8-5-4-6-9-10;/h3-9H2,1-2H3;1H4. The van der Waals surface area contributed by atoms with Gasteiger partial charge in [-0.05, 0) is 24.7 Å². The van der Waals surface area contributed by atoms with Crippen molar-refractivity contribution in [3.05, 3.63) is 0 Å². The molecule has 0 nitrogen and oxygen atoms in total. The van der Waals surface area contributed by atoms with E-state index in [1.807, 2.05) is 0 Å². The lowest BCUT2D eigenvalue weighted by Crippen LogP contribution is -2.19. The summed E-state index contributed by atoms with van der Waals surface area (Å²) in [6, 6.07) is 0. The molecule has 1 rings (SSSR count). The van der Waals surface area contributed by atoms with E-state index in [1.165, 1.54) is 44.9 Å². The van der Waals surface area contributed by atoms with Crippen LogP contribution >= 0.6 is 0 Å². The van der Waals surface area contributed by atoms with Gasteiger partial charge in [-0.2, -0.15) is 0 Å². The zero-order chi connectivity index (χ0) is 7.45. The van der Waals surface area contributed by atoms with E-state index in [-0.39, 0.29) is 7.43 Å². The Morgan fingerprint density at radius 2 is 1.64 bits per heavy atom. The first-order chi connectivity index (χ1) is 4.77. The molecule has 0 atom stereocenters. The van der Waals surface area contributed by atoms with Gasteiger partial charge in [0, 0.05) is 0 Å². The minimum absolute atomic E-state index is 0. The van der Waals surface area contributed by atoms with Crippen molar-refractivity contribution in [2.24, 2.45) is 5.41 Å². The quantitative estimate of drug-likeness (QED) is 0.556. The van der Waals surface area contributed by atoms with Crippen LogP contribution in [0.4, 0.5) is 0 Å². The molecule has 0 N–H and O–H groups in total. The fourth-order valence-electron chi connectivity index (χ4n) is 2.26. The van der Waals surface area contributed by atoms with Crippen LogP contribution in [-0.4, -0.2) is 0 Å². The number of hydrogen-bond acceptors (Lipinski definition) is 0. The van der Waals surface area contributed by atoms with Gasteiger partial charge < -0.3 is 0 Å². The summed E-state index contributed by atoms with van der Waals surface area (Å²) in [5.41, 5.74) is 0.729. The first-order valence-corrected chi connectivity index (χ1v) is 4.77. The third kappa shape index (κ3) is 3.27. The maximum Gasteiger partial charge on any atom is -0.0326 e. The van der Waals surface area contributed by atoms with Gasteiger partial charge in [0.15, 0.2) is 0 Å². The van der Waals surface area contributed by atoms with Crippen molar-refractivity contribution in [3.63, 3.8) is 0 Å². The third-order valence-electron chi connectivity index (χ3n) is 2.91. The highest BCUT2D eigenvalue weighted by Gasteiger charge is 2.24. The van der Waals surface area contributed by atoms with Crippen LogP contribution in [0.5, 0.6) is 0 Å². The molecule has 1 aliphatic carbocycles. The molecular weight excluding hydrogens is 132 g/mol. The molecule has 0 radical (unpaired) electrons. The molecule has 0 heterocycles. The Morgan fingerprint density at radius 1 is 1.09 bits per heavy atom. The Hall–Kier alpha value is 0. The van der Waals surface area contributed by atoms with Gasteiger partial charge in [0.2, 0.25) is 0 Å². The second-order valence-corrected chi connectivity index (χ2v) is 4.12.